The molecule has 0 fully saturated rings. The molecule has 0 bridgehead atoms. The maximum atomic E-state index is 14.1. The summed E-state index contributed by atoms with van der Waals surface area (Å²) in [7, 11) is 0. The second kappa shape index (κ2) is 10.1. The normalized spacial score (nSPS) is 12.3. The number of aryl methyl sites for hydroxylation is 2. The van der Waals surface area contributed by atoms with E-state index >= 15 is 0 Å². The van der Waals surface area contributed by atoms with Gasteiger partial charge in [0.15, 0.2) is 5.78 Å². The van der Waals surface area contributed by atoms with Gasteiger partial charge in [0.25, 0.3) is 5.91 Å². The van der Waals surface area contributed by atoms with Crippen molar-refractivity contribution in [2.24, 2.45) is 0 Å². The number of carbonyl (C=O) groups is 2. The van der Waals surface area contributed by atoms with Crippen molar-refractivity contribution in [3.63, 3.8) is 0 Å². The Morgan fingerprint density at radius 2 is 1.61 bits per heavy atom. The third-order valence-electron chi connectivity index (χ3n) is 6.38. The van der Waals surface area contributed by atoms with Gasteiger partial charge < -0.3 is 10.6 Å². The van der Waals surface area contributed by atoms with E-state index < -0.39 is 11.6 Å². The van der Waals surface area contributed by atoms with Crippen LogP contribution in [0.15, 0.2) is 84.9 Å². The molecule has 4 nitrogen and oxygen atoms in total. The van der Waals surface area contributed by atoms with Crippen LogP contribution in [0.4, 0.5) is 20.2 Å². The van der Waals surface area contributed by atoms with Crippen molar-refractivity contribution in [1.82, 2.24) is 5.32 Å². The lowest BCUT2D eigenvalue weighted by atomic mass is 9.96. The molecule has 0 radical (unpaired) electrons. The SMILES string of the molecule is O=C(NCCc1ccccc1)c1ccc2c(c1)C(=O)c1ccc(Nc3ccc(F)cc3F)cc1CC2. The zero-order chi connectivity index (χ0) is 25.1. The smallest absolute Gasteiger partial charge is 0.251 e. The monoisotopic (exact) mass is 482 g/mol. The van der Waals surface area contributed by atoms with Crippen LogP contribution >= 0.6 is 0 Å². The summed E-state index contributed by atoms with van der Waals surface area (Å²) >= 11 is 0. The standard InChI is InChI=1S/C30H24F2N2O2/c31-23-10-13-28(27(32)18-23)34-24-11-12-25-21(16-24)8-6-20-7-9-22(17-26(20)29(25)35)30(36)33-15-14-19-4-2-1-3-5-19/h1-5,7,9-13,16-18,34H,6,8,14-15H2,(H,33,36). The molecule has 36 heavy (non-hydrogen) atoms. The molecule has 2 N–H and O–H groups in total. The van der Waals surface area contributed by atoms with Gasteiger partial charge in [-0.1, -0.05) is 36.4 Å². The van der Waals surface area contributed by atoms with E-state index in [0.717, 1.165) is 29.2 Å². The Balaban J connectivity index is 1.32. The van der Waals surface area contributed by atoms with Crippen molar-refractivity contribution in [3.05, 3.63) is 130 Å². The van der Waals surface area contributed by atoms with E-state index in [1.54, 1.807) is 24.3 Å². The zero-order valence-corrected chi connectivity index (χ0v) is 19.5. The highest BCUT2D eigenvalue weighted by molar-refractivity contribution is 6.12. The van der Waals surface area contributed by atoms with Crippen LogP contribution in [0.25, 0.3) is 0 Å². The van der Waals surface area contributed by atoms with Gasteiger partial charge in [-0.2, -0.15) is 0 Å². The van der Waals surface area contributed by atoms with Crippen LogP contribution in [0.3, 0.4) is 0 Å². The molecule has 0 spiro atoms. The minimum absolute atomic E-state index is 0.143. The number of amides is 1. The Morgan fingerprint density at radius 3 is 2.42 bits per heavy atom. The van der Waals surface area contributed by atoms with Gasteiger partial charge in [-0.15, -0.1) is 0 Å². The lowest BCUT2D eigenvalue weighted by Crippen LogP contribution is -2.26. The molecule has 4 aromatic rings. The van der Waals surface area contributed by atoms with Crippen molar-refractivity contribution in [3.8, 4) is 0 Å². The summed E-state index contributed by atoms with van der Waals surface area (Å²) in [5.74, 6) is -1.70. The predicted octanol–water partition coefficient (Wildman–Crippen LogP) is 6.01. The molecule has 1 aliphatic carbocycles. The zero-order valence-electron chi connectivity index (χ0n) is 19.5. The van der Waals surface area contributed by atoms with Crippen molar-refractivity contribution < 1.29 is 18.4 Å². The Bertz CT molecular complexity index is 1450. The van der Waals surface area contributed by atoms with Gasteiger partial charge in [-0.3, -0.25) is 9.59 Å². The number of benzene rings is 4. The van der Waals surface area contributed by atoms with Crippen LogP contribution in [0.5, 0.6) is 0 Å². The number of hydrogen-bond donors (Lipinski definition) is 2. The van der Waals surface area contributed by atoms with Gasteiger partial charge in [0.05, 0.1) is 5.69 Å². The first-order valence-electron chi connectivity index (χ1n) is 11.8. The Labute approximate surface area is 208 Å². The summed E-state index contributed by atoms with van der Waals surface area (Å²) in [4.78, 5) is 26.2. The predicted molar refractivity (Wildman–Crippen MR) is 136 cm³/mol. The van der Waals surface area contributed by atoms with Crippen molar-refractivity contribution >= 4 is 23.1 Å². The number of carbonyl (C=O) groups excluding carboxylic acids is 2. The summed E-state index contributed by atoms with van der Waals surface area (Å²) in [5, 5.41) is 5.89. The topological polar surface area (TPSA) is 58.2 Å². The van der Waals surface area contributed by atoms with Gasteiger partial charge in [0.1, 0.15) is 11.6 Å². The number of anilines is 2. The molecule has 0 atom stereocenters. The summed E-state index contributed by atoms with van der Waals surface area (Å²) in [6.07, 6.45) is 1.98. The van der Waals surface area contributed by atoms with Gasteiger partial charge in [0.2, 0.25) is 0 Å². The molecular formula is C30H24F2N2O2. The lowest BCUT2D eigenvalue weighted by molar-refractivity contribution is 0.0954. The van der Waals surface area contributed by atoms with Crippen molar-refractivity contribution in [1.29, 1.82) is 0 Å². The number of hydrogen-bond acceptors (Lipinski definition) is 3. The molecule has 0 heterocycles. The molecule has 0 aromatic heterocycles. The second-order valence-electron chi connectivity index (χ2n) is 8.81. The Hall–Kier alpha value is -4.32. The first-order chi connectivity index (χ1) is 17.5. The first-order valence-corrected chi connectivity index (χ1v) is 11.8. The van der Waals surface area contributed by atoms with E-state index in [1.165, 1.54) is 12.1 Å². The third kappa shape index (κ3) is 5.03. The maximum absolute atomic E-state index is 14.1. The van der Waals surface area contributed by atoms with Crippen molar-refractivity contribution in [2.45, 2.75) is 19.3 Å². The lowest BCUT2D eigenvalue weighted by Gasteiger charge is -2.12. The molecule has 0 unspecified atom stereocenters. The van der Waals surface area contributed by atoms with Gasteiger partial charge in [0, 0.05) is 35.0 Å². The molecule has 4 aromatic carbocycles. The van der Waals surface area contributed by atoms with Crippen LogP contribution in [0.1, 0.15) is 43.0 Å². The highest BCUT2D eigenvalue weighted by Crippen LogP contribution is 2.29. The number of halogens is 2. The van der Waals surface area contributed by atoms with Crippen LogP contribution in [0.2, 0.25) is 0 Å². The Kier molecular flexibility index (Phi) is 6.58. The number of ketones is 1. The fourth-order valence-corrected chi connectivity index (χ4v) is 4.47. The van der Waals surface area contributed by atoms with E-state index in [-0.39, 0.29) is 17.4 Å². The van der Waals surface area contributed by atoms with Gasteiger partial charge in [-0.25, -0.2) is 8.78 Å². The average molecular weight is 483 g/mol. The van der Waals surface area contributed by atoms with Gasteiger partial charge in [-0.05, 0) is 78.4 Å². The van der Waals surface area contributed by atoms with E-state index in [0.29, 0.717) is 41.8 Å². The highest BCUT2D eigenvalue weighted by Gasteiger charge is 2.23. The largest absolute Gasteiger partial charge is 0.353 e. The molecule has 180 valence electrons. The van der Waals surface area contributed by atoms with Crippen LogP contribution in [-0.4, -0.2) is 18.2 Å². The average Bonchev–Trinajstić information content (AvgIpc) is 3.02. The fourth-order valence-electron chi connectivity index (χ4n) is 4.47. The van der Waals surface area contributed by atoms with Gasteiger partial charge >= 0.3 is 0 Å². The van der Waals surface area contributed by atoms with Crippen LogP contribution in [-0.2, 0) is 19.3 Å². The summed E-state index contributed by atoms with van der Waals surface area (Å²) in [6, 6.07) is 23.8. The summed E-state index contributed by atoms with van der Waals surface area (Å²) in [6.45, 7) is 0.501. The number of nitrogens with one attached hydrogen (secondary N) is 2. The quantitative estimate of drug-likeness (QED) is 0.354. The van der Waals surface area contributed by atoms with Crippen molar-refractivity contribution in [2.75, 3.05) is 11.9 Å². The van der Waals surface area contributed by atoms with Crippen LogP contribution in [0, 0.1) is 11.6 Å². The van der Waals surface area contributed by atoms with E-state index in [4.69, 9.17) is 0 Å². The van der Waals surface area contributed by atoms with E-state index in [2.05, 4.69) is 10.6 Å². The first kappa shape index (κ1) is 23.4. The number of fused-ring (bicyclic) bond motifs is 2. The second-order valence-corrected chi connectivity index (χ2v) is 8.81. The summed E-state index contributed by atoms with van der Waals surface area (Å²) in [5.41, 5.74) is 5.15. The maximum Gasteiger partial charge on any atom is 0.251 e. The molecule has 0 saturated heterocycles. The molecule has 1 amide bonds. The van der Waals surface area contributed by atoms with Crippen LogP contribution < -0.4 is 10.6 Å². The molecule has 0 aliphatic heterocycles. The Morgan fingerprint density at radius 1 is 0.806 bits per heavy atom. The fraction of sp³-hybridized carbons (Fsp3) is 0.133. The minimum atomic E-state index is -0.692. The van der Waals surface area contributed by atoms with E-state index in [9.17, 15) is 18.4 Å². The molecular weight excluding hydrogens is 458 g/mol. The van der Waals surface area contributed by atoms with E-state index in [1.807, 2.05) is 42.5 Å². The molecule has 0 saturated carbocycles. The number of rotatable bonds is 6. The summed E-state index contributed by atoms with van der Waals surface area (Å²) < 4.78 is 27.3. The molecule has 5 rings (SSSR count). The molecule has 1 aliphatic rings. The third-order valence-corrected chi connectivity index (χ3v) is 6.38. The minimum Gasteiger partial charge on any atom is -0.353 e. The molecule has 6 heteroatoms. The highest BCUT2D eigenvalue weighted by atomic mass is 19.1.